The van der Waals surface area contributed by atoms with Crippen LogP contribution >= 0.6 is 0 Å². The number of carbonyl (C=O) groups excluding carboxylic acids is 1. The fourth-order valence-corrected chi connectivity index (χ4v) is 0.401. The van der Waals surface area contributed by atoms with Crippen molar-refractivity contribution in [3.05, 3.63) is 11.3 Å². The molecule has 4 nitrogen and oxygen atoms in total. The molecule has 0 aromatic rings. The maximum absolute atomic E-state index is 10.7. The molecule has 0 aliphatic carbocycles. The SMILES string of the molecule is CCOC(=O)C([O-])=C(C)C#N.[K+]. The number of hydrogen-bond donors (Lipinski definition) is 0. The number of hydrogen-bond acceptors (Lipinski definition) is 4. The zero-order valence-electron chi connectivity index (χ0n) is 7.38. The first-order valence-corrected chi connectivity index (χ1v) is 3.08. The Hall–Kier alpha value is 0.136. The fraction of sp³-hybridized carbons (Fsp3) is 0.429. The summed E-state index contributed by atoms with van der Waals surface area (Å²) in [7, 11) is 0. The summed E-state index contributed by atoms with van der Waals surface area (Å²) in [4.78, 5) is 10.6. The average molecular weight is 193 g/mol. The fourth-order valence-electron chi connectivity index (χ4n) is 0.401. The van der Waals surface area contributed by atoms with Gasteiger partial charge in [0.05, 0.1) is 12.7 Å². The Morgan fingerprint density at radius 1 is 1.67 bits per heavy atom. The van der Waals surface area contributed by atoms with Crippen molar-refractivity contribution >= 4 is 5.97 Å². The molecular weight excluding hydrogens is 185 g/mol. The summed E-state index contributed by atoms with van der Waals surface area (Å²) in [5, 5.41) is 18.9. The second-order valence-electron chi connectivity index (χ2n) is 1.79. The molecular formula is C7H8KNO3. The topological polar surface area (TPSA) is 73.2 Å². The molecule has 0 unspecified atom stereocenters. The second kappa shape index (κ2) is 7.77. The number of rotatable bonds is 2. The Morgan fingerprint density at radius 2 is 2.17 bits per heavy atom. The van der Waals surface area contributed by atoms with Crippen LogP contribution in [0.3, 0.4) is 0 Å². The van der Waals surface area contributed by atoms with E-state index in [1.165, 1.54) is 6.92 Å². The number of nitrogens with zero attached hydrogens (tertiary/aromatic N) is 1. The summed E-state index contributed by atoms with van der Waals surface area (Å²) < 4.78 is 4.37. The molecule has 0 amide bonds. The van der Waals surface area contributed by atoms with E-state index in [1.807, 2.05) is 0 Å². The Morgan fingerprint density at radius 3 is 2.50 bits per heavy atom. The van der Waals surface area contributed by atoms with Crippen molar-refractivity contribution < 1.29 is 66.0 Å². The molecule has 5 heteroatoms. The van der Waals surface area contributed by atoms with Crippen LogP contribution in [0.5, 0.6) is 0 Å². The van der Waals surface area contributed by atoms with Crippen molar-refractivity contribution in [1.82, 2.24) is 0 Å². The average Bonchev–Trinajstić information content (AvgIpc) is 2.02. The van der Waals surface area contributed by atoms with Gasteiger partial charge in [0.1, 0.15) is 0 Å². The van der Waals surface area contributed by atoms with Gasteiger partial charge in [0.15, 0.2) is 0 Å². The summed E-state index contributed by atoms with van der Waals surface area (Å²) in [6, 6.07) is 1.57. The predicted octanol–water partition coefficient (Wildman–Crippen LogP) is -3.29. The van der Waals surface area contributed by atoms with Crippen LogP contribution in [-0.4, -0.2) is 12.6 Å². The molecule has 0 saturated heterocycles. The number of nitriles is 1. The van der Waals surface area contributed by atoms with Gasteiger partial charge >= 0.3 is 57.4 Å². The molecule has 0 aliphatic rings. The van der Waals surface area contributed by atoms with Crippen LogP contribution in [0.25, 0.3) is 0 Å². The zero-order valence-corrected chi connectivity index (χ0v) is 10.5. The van der Waals surface area contributed by atoms with Crippen LogP contribution in [0.2, 0.25) is 0 Å². The molecule has 0 bridgehead atoms. The Labute approximate surface area is 114 Å². The third-order valence-electron chi connectivity index (χ3n) is 0.969. The van der Waals surface area contributed by atoms with E-state index in [1.54, 1.807) is 13.0 Å². The first-order chi connectivity index (χ1) is 5.13. The van der Waals surface area contributed by atoms with E-state index in [4.69, 9.17) is 5.26 Å². The molecule has 0 aromatic heterocycles. The first kappa shape index (κ1) is 14.6. The van der Waals surface area contributed by atoms with Crippen molar-refractivity contribution in [3.63, 3.8) is 0 Å². The Balaban J connectivity index is 0. The third kappa shape index (κ3) is 4.90. The molecule has 60 valence electrons. The number of allylic oxidation sites excluding steroid dienone is 1. The Kier molecular flexibility index (Phi) is 9.48. The molecule has 0 rings (SSSR count). The van der Waals surface area contributed by atoms with E-state index < -0.39 is 11.7 Å². The summed E-state index contributed by atoms with van der Waals surface area (Å²) in [6.07, 6.45) is 0. The van der Waals surface area contributed by atoms with E-state index in [-0.39, 0.29) is 63.6 Å². The van der Waals surface area contributed by atoms with Crippen LogP contribution in [0, 0.1) is 11.3 Å². The molecule has 0 N–H and O–H groups in total. The number of esters is 1. The van der Waals surface area contributed by atoms with Gasteiger partial charge in [0.2, 0.25) is 0 Å². The largest absolute Gasteiger partial charge is 1.00 e. The van der Waals surface area contributed by atoms with E-state index in [0.717, 1.165) is 0 Å². The van der Waals surface area contributed by atoms with Gasteiger partial charge in [-0.2, -0.15) is 5.26 Å². The van der Waals surface area contributed by atoms with Gasteiger partial charge in [0.25, 0.3) is 0 Å². The van der Waals surface area contributed by atoms with E-state index in [2.05, 4.69) is 4.74 Å². The minimum absolute atomic E-state index is 0. The molecule has 0 aliphatic heterocycles. The molecule has 12 heavy (non-hydrogen) atoms. The molecule has 0 heterocycles. The molecule has 0 fully saturated rings. The molecule has 0 aromatic carbocycles. The van der Waals surface area contributed by atoms with Crippen LogP contribution in [0.15, 0.2) is 11.3 Å². The standard InChI is InChI=1S/C7H9NO3.K/c1-3-11-7(10)6(9)5(2)4-8;/h9H,3H2,1-2H3;/q;+1/p-1. The second-order valence-corrected chi connectivity index (χ2v) is 1.79. The molecule has 0 saturated carbocycles. The van der Waals surface area contributed by atoms with Crippen LogP contribution in [-0.2, 0) is 9.53 Å². The summed E-state index contributed by atoms with van der Waals surface area (Å²) in [5.41, 5.74) is -0.150. The summed E-state index contributed by atoms with van der Waals surface area (Å²) in [5.74, 6) is -1.83. The summed E-state index contributed by atoms with van der Waals surface area (Å²) >= 11 is 0. The zero-order chi connectivity index (χ0) is 8.85. The van der Waals surface area contributed by atoms with Gasteiger partial charge in [-0.1, -0.05) is 0 Å². The first-order valence-electron chi connectivity index (χ1n) is 3.08. The maximum Gasteiger partial charge on any atom is 1.00 e. The van der Waals surface area contributed by atoms with Crippen molar-refractivity contribution in [2.24, 2.45) is 0 Å². The van der Waals surface area contributed by atoms with Crippen LogP contribution in [0.1, 0.15) is 13.8 Å². The predicted molar refractivity (Wildman–Crippen MR) is 34.9 cm³/mol. The smallest absolute Gasteiger partial charge is 0.867 e. The van der Waals surface area contributed by atoms with Gasteiger partial charge in [-0.3, -0.25) is 0 Å². The van der Waals surface area contributed by atoms with E-state index in [9.17, 15) is 9.90 Å². The monoisotopic (exact) mass is 193 g/mol. The van der Waals surface area contributed by atoms with Crippen LogP contribution in [0.4, 0.5) is 0 Å². The van der Waals surface area contributed by atoms with Gasteiger partial charge in [-0.05, 0) is 19.6 Å². The van der Waals surface area contributed by atoms with Gasteiger partial charge in [-0.25, -0.2) is 4.79 Å². The maximum atomic E-state index is 10.7. The van der Waals surface area contributed by atoms with Crippen molar-refractivity contribution in [2.45, 2.75) is 13.8 Å². The minimum atomic E-state index is -0.966. The van der Waals surface area contributed by atoms with E-state index in [0.29, 0.717) is 0 Å². The van der Waals surface area contributed by atoms with Crippen molar-refractivity contribution in [3.8, 4) is 6.07 Å². The number of ether oxygens (including phenoxy) is 1. The Bertz CT molecular complexity index is 229. The minimum Gasteiger partial charge on any atom is -0.867 e. The normalized spacial score (nSPS) is 10.4. The number of carbonyl (C=O) groups is 1. The quantitative estimate of drug-likeness (QED) is 0.151. The third-order valence-corrected chi connectivity index (χ3v) is 0.969. The van der Waals surface area contributed by atoms with Crippen molar-refractivity contribution in [2.75, 3.05) is 6.61 Å². The molecule has 0 spiro atoms. The van der Waals surface area contributed by atoms with Gasteiger partial charge in [0, 0.05) is 5.57 Å². The molecule has 0 radical (unpaired) electrons. The van der Waals surface area contributed by atoms with Crippen LogP contribution < -0.4 is 56.5 Å². The van der Waals surface area contributed by atoms with Crippen molar-refractivity contribution in [1.29, 1.82) is 5.26 Å². The summed E-state index contributed by atoms with van der Waals surface area (Å²) in [6.45, 7) is 3.01. The van der Waals surface area contributed by atoms with Gasteiger partial charge < -0.3 is 9.84 Å². The van der Waals surface area contributed by atoms with Gasteiger partial charge in [-0.15, -0.1) is 0 Å². The van der Waals surface area contributed by atoms with E-state index >= 15 is 0 Å². The molecule has 0 atom stereocenters.